The largest absolute Gasteiger partial charge is 0.497 e. The van der Waals surface area contributed by atoms with Gasteiger partial charge in [-0.15, -0.1) is 0 Å². The van der Waals surface area contributed by atoms with Gasteiger partial charge in [-0.2, -0.15) is 0 Å². The first kappa shape index (κ1) is 18.5. The van der Waals surface area contributed by atoms with Gasteiger partial charge in [-0.25, -0.2) is 0 Å². The monoisotopic (exact) mass is 361 g/mol. The van der Waals surface area contributed by atoms with E-state index in [4.69, 9.17) is 9.47 Å². The molecule has 0 saturated carbocycles. The van der Waals surface area contributed by atoms with Gasteiger partial charge in [0.25, 0.3) is 5.91 Å². The molecule has 1 amide bonds. The zero-order valence-electron chi connectivity index (χ0n) is 15.6. The number of amides is 1. The third kappa shape index (κ3) is 4.47. The Labute approximate surface area is 159 Å². The molecule has 0 aromatic heterocycles. The number of benzene rings is 3. The molecule has 138 valence electrons. The van der Waals surface area contributed by atoms with E-state index in [1.807, 2.05) is 31.3 Å². The van der Waals surface area contributed by atoms with Crippen molar-refractivity contribution in [2.75, 3.05) is 20.8 Å². The van der Waals surface area contributed by atoms with E-state index in [1.165, 1.54) is 0 Å². The Bertz CT molecular complexity index is 947. The molecule has 4 heteroatoms. The van der Waals surface area contributed by atoms with E-state index < -0.39 is 0 Å². The van der Waals surface area contributed by atoms with Crippen LogP contribution in [0.25, 0.3) is 10.8 Å². The first-order valence-electron chi connectivity index (χ1n) is 8.76. The van der Waals surface area contributed by atoms with Crippen LogP contribution in [0.1, 0.15) is 15.9 Å². The maximum atomic E-state index is 12.7. The molecular formula is C23H23NO3. The fraction of sp³-hybridized carbons (Fsp3) is 0.174. The number of carbonyl (C=O) groups is 1. The minimum Gasteiger partial charge on any atom is -0.497 e. The van der Waals surface area contributed by atoms with Crippen LogP contribution in [0, 0.1) is 0 Å². The van der Waals surface area contributed by atoms with Crippen molar-refractivity contribution in [3.05, 3.63) is 84.4 Å². The lowest BCUT2D eigenvalue weighted by molar-refractivity contribution is 0.0785. The number of hydrogen-bond donors (Lipinski definition) is 0. The predicted octanol–water partition coefficient (Wildman–Crippen LogP) is 4.69. The quantitative estimate of drug-likeness (QED) is 0.573. The minimum absolute atomic E-state index is 0.0277. The molecule has 27 heavy (non-hydrogen) atoms. The Morgan fingerprint density at radius 3 is 2.37 bits per heavy atom. The highest BCUT2D eigenvalue weighted by atomic mass is 16.5. The van der Waals surface area contributed by atoms with E-state index in [0.29, 0.717) is 18.7 Å². The summed E-state index contributed by atoms with van der Waals surface area (Å²) in [7, 11) is 3.47. The summed E-state index contributed by atoms with van der Waals surface area (Å²) in [5, 5.41) is 2.24. The first-order chi connectivity index (χ1) is 13.1. The molecule has 3 aromatic rings. The van der Waals surface area contributed by atoms with Gasteiger partial charge in [0.1, 0.15) is 18.1 Å². The fourth-order valence-corrected chi connectivity index (χ4v) is 2.91. The van der Waals surface area contributed by atoms with Crippen LogP contribution < -0.4 is 9.47 Å². The molecule has 4 nitrogen and oxygen atoms in total. The fourth-order valence-electron chi connectivity index (χ4n) is 2.91. The van der Waals surface area contributed by atoms with Crippen LogP contribution in [-0.2, 0) is 6.54 Å². The number of methoxy groups -OCH3 is 1. The smallest absolute Gasteiger partial charge is 0.253 e. The van der Waals surface area contributed by atoms with Crippen molar-refractivity contribution in [1.29, 1.82) is 0 Å². The lowest BCUT2D eigenvalue weighted by Crippen LogP contribution is -2.26. The van der Waals surface area contributed by atoms with Gasteiger partial charge in [0, 0.05) is 19.2 Å². The Morgan fingerprint density at radius 1 is 1.00 bits per heavy atom. The minimum atomic E-state index is -0.0277. The van der Waals surface area contributed by atoms with E-state index in [0.717, 1.165) is 27.8 Å². The maximum Gasteiger partial charge on any atom is 0.253 e. The summed E-state index contributed by atoms with van der Waals surface area (Å²) >= 11 is 0. The molecule has 0 unspecified atom stereocenters. The third-order valence-corrected chi connectivity index (χ3v) is 4.35. The molecule has 0 atom stereocenters. The lowest BCUT2D eigenvalue weighted by Gasteiger charge is -2.18. The zero-order chi connectivity index (χ0) is 19.2. The van der Waals surface area contributed by atoms with Gasteiger partial charge in [-0.1, -0.05) is 30.9 Å². The second kappa shape index (κ2) is 8.41. The zero-order valence-corrected chi connectivity index (χ0v) is 15.6. The molecule has 3 rings (SSSR count). The molecule has 0 fully saturated rings. The summed E-state index contributed by atoms with van der Waals surface area (Å²) in [5.41, 5.74) is 1.71. The maximum absolute atomic E-state index is 12.7. The molecule has 0 saturated heterocycles. The normalized spacial score (nSPS) is 10.4. The summed E-state index contributed by atoms with van der Waals surface area (Å²) in [6.45, 7) is 4.60. The van der Waals surface area contributed by atoms with Gasteiger partial charge in [0.05, 0.1) is 7.11 Å². The lowest BCUT2D eigenvalue weighted by atomic mass is 10.1. The number of ether oxygens (including phenoxy) is 2. The molecule has 0 spiro atoms. The topological polar surface area (TPSA) is 38.8 Å². The number of carbonyl (C=O) groups excluding carboxylic acids is 1. The van der Waals surface area contributed by atoms with E-state index in [9.17, 15) is 4.79 Å². The van der Waals surface area contributed by atoms with Crippen LogP contribution in [0.2, 0.25) is 0 Å². The van der Waals surface area contributed by atoms with Crippen LogP contribution >= 0.6 is 0 Å². The molecule has 3 aromatic carbocycles. The number of nitrogens with zero attached hydrogens (tertiary/aromatic N) is 1. The summed E-state index contributed by atoms with van der Waals surface area (Å²) in [4.78, 5) is 14.4. The first-order valence-corrected chi connectivity index (χ1v) is 8.76. The molecule has 0 aliphatic carbocycles. The Hall–Kier alpha value is -3.27. The average Bonchev–Trinajstić information content (AvgIpc) is 2.71. The highest BCUT2D eigenvalue weighted by Crippen LogP contribution is 2.22. The van der Waals surface area contributed by atoms with Gasteiger partial charge in [0.2, 0.25) is 0 Å². The Kier molecular flexibility index (Phi) is 5.77. The van der Waals surface area contributed by atoms with Crippen molar-refractivity contribution in [1.82, 2.24) is 4.90 Å². The van der Waals surface area contributed by atoms with Crippen LogP contribution in [0.5, 0.6) is 11.5 Å². The third-order valence-electron chi connectivity index (χ3n) is 4.35. The van der Waals surface area contributed by atoms with Crippen LogP contribution in [0.3, 0.4) is 0 Å². The van der Waals surface area contributed by atoms with Crippen molar-refractivity contribution in [2.24, 2.45) is 0 Å². The van der Waals surface area contributed by atoms with E-state index in [-0.39, 0.29) is 5.91 Å². The number of fused-ring (bicyclic) bond motifs is 1. The van der Waals surface area contributed by atoms with Gasteiger partial charge in [-0.05, 0) is 58.8 Å². The second-order valence-electron chi connectivity index (χ2n) is 6.33. The van der Waals surface area contributed by atoms with E-state index >= 15 is 0 Å². The number of rotatable bonds is 7. The van der Waals surface area contributed by atoms with Gasteiger partial charge in [0.15, 0.2) is 0 Å². The Balaban J connectivity index is 1.70. The predicted molar refractivity (Wildman–Crippen MR) is 108 cm³/mol. The van der Waals surface area contributed by atoms with Crippen molar-refractivity contribution < 1.29 is 14.3 Å². The molecular weight excluding hydrogens is 338 g/mol. The van der Waals surface area contributed by atoms with Crippen LogP contribution in [0.15, 0.2) is 73.3 Å². The van der Waals surface area contributed by atoms with E-state index in [1.54, 1.807) is 42.4 Å². The van der Waals surface area contributed by atoms with E-state index in [2.05, 4.69) is 18.7 Å². The van der Waals surface area contributed by atoms with Crippen molar-refractivity contribution in [3.8, 4) is 11.5 Å². The summed E-state index contributed by atoms with van der Waals surface area (Å²) in [6.07, 6.45) is 1.69. The molecule has 0 bridgehead atoms. The summed E-state index contributed by atoms with van der Waals surface area (Å²) < 4.78 is 10.7. The molecule has 0 aliphatic rings. The summed E-state index contributed by atoms with van der Waals surface area (Å²) in [5.74, 6) is 1.53. The molecule has 0 radical (unpaired) electrons. The van der Waals surface area contributed by atoms with Crippen molar-refractivity contribution in [2.45, 2.75) is 6.54 Å². The van der Waals surface area contributed by atoms with Gasteiger partial charge < -0.3 is 14.4 Å². The van der Waals surface area contributed by atoms with Crippen LogP contribution in [0.4, 0.5) is 0 Å². The highest BCUT2D eigenvalue weighted by molar-refractivity contribution is 5.94. The van der Waals surface area contributed by atoms with Crippen molar-refractivity contribution >= 4 is 16.7 Å². The number of hydrogen-bond acceptors (Lipinski definition) is 3. The highest BCUT2D eigenvalue weighted by Gasteiger charge is 2.12. The van der Waals surface area contributed by atoms with Gasteiger partial charge >= 0.3 is 0 Å². The second-order valence-corrected chi connectivity index (χ2v) is 6.33. The molecule has 0 N–H and O–H groups in total. The average molecular weight is 361 g/mol. The van der Waals surface area contributed by atoms with Crippen LogP contribution in [-0.4, -0.2) is 31.6 Å². The summed E-state index contributed by atoms with van der Waals surface area (Å²) in [6, 6.07) is 19.3. The molecule has 0 heterocycles. The standard InChI is InChI=1S/C23H23NO3/c1-4-13-27-21-10-7-18(8-11-21)23(25)24(2)16-17-5-6-20-15-22(26-3)12-9-19(20)14-17/h4-12,14-15H,1,13,16H2,2-3H3. The Morgan fingerprint density at radius 2 is 1.67 bits per heavy atom. The van der Waals surface area contributed by atoms with Crippen molar-refractivity contribution in [3.63, 3.8) is 0 Å². The SMILES string of the molecule is C=CCOc1ccc(C(=O)N(C)Cc2ccc3cc(OC)ccc3c2)cc1. The van der Waals surface area contributed by atoms with Gasteiger partial charge in [-0.3, -0.25) is 4.79 Å². The molecule has 0 aliphatic heterocycles.